The van der Waals surface area contributed by atoms with Gasteiger partial charge < -0.3 is 9.57 Å². The Morgan fingerprint density at radius 1 is 1.43 bits per heavy atom. The first kappa shape index (κ1) is 13.1. The molecule has 0 aromatic rings. The van der Waals surface area contributed by atoms with Crippen LogP contribution in [0.3, 0.4) is 0 Å². The third-order valence-corrected chi connectivity index (χ3v) is 1.44. The largest absolute Gasteiger partial charge is 0.533 e. The Bertz CT molecular complexity index is 208. The Balaban J connectivity index is 3.85. The lowest BCUT2D eigenvalue weighted by molar-refractivity contribution is -0.0837. The third kappa shape index (κ3) is 5.69. The van der Waals surface area contributed by atoms with Gasteiger partial charge in [-0.2, -0.15) is 5.06 Å². The van der Waals surface area contributed by atoms with Crippen LogP contribution >= 0.6 is 12.6 Å². The van der Waals surface area contributed by atoms with Crippen LogP contribution in [0.2, 0.25) is 0 Å². The summed E-state index contributed by atoms with van der Waals surface area (Å²) in [5, 5.41) is 0.181. The highest BCUT2D eigenvalue weighted by Crippen LogP contribution is 2.00. The van der Waals surface area contributed by atoms with Gasteiger partial charge in [-0.1, -0.05) is 26.5 Å². The van der Waals surface area contributed by atoms with E-state index in [0.717, 1.165) is 5.06 Å². The molecule has 0 atom stereocenters. The van der Waals surface area contributed by atoms with E-state index >= 15 is 0 Å². The van der Waals surface area contributed by atoms with Crippen LogP contribution in [0.1, 0.15) is 20.8 Å². The van der Waals surface area contributed by atoms with Gasteiger partial charge in [-0.05, 0) is 12.8 Å². The molecule has 0 saturated heterocycles. The van der Waals surface area contributed by atoms with Crippen LogP contribution in [0, 0.1) is 5.92 Å². The van der Waals surface area contributed by atoms with Crippen molar-refractivity contribution in [2.75, 3.05) is 13.2 Å². The minimum absolute atomic E-state index is 0.226. The van der Waals surface area contributed by atoms with Gasteiger partial charge in [0.25, 0.3) is 0 Å². The first-order valence-electron chi connectivity index (χ1n) is 4.32. The van der Waals surface area contributed by atoms with E-state index in [2.05, 4.69) is 17.5 Å². The lowest BCUT2D eigenvalue weighted by Gasteiger charge is -2.16. The highest BCUT2D eigenvalue weighted by Gasteiger charge is 2.14. The average molecular weight is 221 g/mol. The zero-order chi connectivity index (χ0) is 11.1. The van der Waals surface area contributed by atoms with Crippen LogP contribution in [0.25, 0.3) is 0 Å². The number of hydrogen-bond donors (Lipinski definition) is 1. The highest BCUT2D eigenvalue weighted by atomic mass is 32.1. The highest BCUT2D eigenvalue weighted by molar-refractivity contribution is 7.96. The van der Waals surface area contributed by atoms with E-state index in [1.165, 1.54) is 0 Å². The topological polar surface area (TPSA) is 55.8 Å². The number of nitrogens with zero attached hydrogens (tertiary/aromatic N) is 1. The molecule has 1 amide bonds. The fraction of sp³-hybridized carbons (Fsp3) is 0.750. The van der Waals surface area contributed by atoms with Crippen molar-refractivity contribution in [3.63, 3.8) is 0 Å². The molecule has 0 fully saturated rings. The van der Waals surface area contributed by atoms with Gasteiger partial charge in [-0.15, -0.1) is 0 Å². The maximum Gasteiger partial charge on any atom is 0.533 e. The summed E-state index contributed by atoms with van der Waals surface area (Å²) in [6.07, 6.45) is -0.886. The van der Waals surface area contributed by atoms with Gasteiger partial charge in [0, 0.05) is 0 Å². The number of thiol groups is 1. The monoisotopic (exact) mass is 221 g/mol. The van der Waals surface area contributed by atoms with Crippen molar-refractivity contribution in [2.45, 2.75) is 20.8 Å². The Morgan fingerprint density at radius 3 is 2.36 bits per heavy atom. The van der Waals surface area contributed by atoms with Gasteiger partial charge >= 0.3 is 11.4 Å². The first-order chi connectivity index (χ1) is 6.47. The Hall–Kier alpha value is -0.910. The van der Waals surface area contributed by atoms with Gasteiger partial charge in [0.1, 0.15) is 0 Å². The van der Waals surface area contributed by atoms with Gasteiger partial charge in [0.15, 0.2) is 0 Å². The molecule has 0 aliphatic rings. The van der Waals surface area contributed by atoms with Gasteiger partial charge in [-0.25, -0.2) is 4.79 Å². The molecule has 0 N–H and O–H groups in total. The number of carbonyl (C=O) groups is 2. The molecule has 0 bridgehead atoms. The number of amides is 1. The van der Waals surface area contributed by atoms with Crippen LogP contribution in [0.15, 0.2) is 0 Å². The summed E-state index contributed by atoms with van der Waals surface area (Å²) in [5.74, 6) is 0.226. The Kier molecular flexibility index (Phi) is 6.11. The molecule has 0 radical (unpaired) electrons. The molecule has 0 heterocycles. The van der Waals surface area contributed by atoms with Crippen molar-refractivity contribution in [3.8, 4) is 0 Å². The van der Waals surface area contributed by atoms with Crippen molar-refractivity contribution in [3.05, 3.63) is 0 Å². The standard InChI is InChI=1S/C8H15NO4S/c1-4-9(7(10)14)13-8(11)12-5-6(2)3/h6H,4-5H2,1-3H3,(H,10,14). The van der Waals surface area contributed by atoms with Crippen LogP contribution < -0.4 is 0 Å². The maximum atomic E-state index is 10.9. The molecule has 0 unspecified atom stereocenters. The SMILES string of the molecule is CCN(OC(=O)OCC(C)C)C(=O)S. The summed E-state index contributed by atoms with van der Waals surface area (Å²) in [4.78, 5) is 26.2. The van der Waals surface area contributed by atoms with Crippen LogP contribution in [0.5, 0.6) is 0 Å². The zero-order valence-corrected chi connectivity index (χ0v) is 9.41. The second kappa shape index (κ2) is 6.53. The lowest BCUT2D eigenvalue weighted by atomic mass is 10.2. The zero-order valence-electron chi connectivity index (χ0n) is 8.52. The fourth-order valence-corrected chi connectivity index (χ4v) is 0.772. The van der Waals surface area contributed by atoms with Crippen LogP contribution in [-0.4, -0.2) is 29.6 Å². The summed E-state index contributed by atoms with van der Waals surface area (Å²) in [6, 6.07) is 0. The second-order valence-corrected chi connectivity index (χ2v) is 3.41. The molecule has 82 valence electrons. The van der Waals surface area contributed by atoms with Crippen molar-refractivity contribution in [1.29, 1.82) is 0 Å². The van der Waals surface area contributed by atoms with Crippen molar-refractivity contribution in [2.24, 2.45) is 5.92 Å². The predicted octanol–water partition coefficient (Wildman–Crippen LogP) is 2.08. The Morgan fingerprint density at radius 2 is 2.00 bits per heavy atom. The maximum absolute atomic E-state index is 10.9. The molecule has 0 aliphatic carbocycles. The number of carbonyl (C=O) groups excluding carboxylic acids is 2. The average Bonchev–Trinajstić information content (AvgIpc) is 2.10. The van der Waals surface area contributed by atoms with E-state index < -0.39 is 11.4 Å². The van der Waals surface area contributed by atoms with Crippen molar-refractivity contribution < 1.29 is 19.2 Å². The Labute approximate surface area is 88.7 Å². The molecule has 0 aromatic carbocycles. The second-order valence-electron chi connectivity index (χ2n) is 3.02. The molecular formula is C8H15NO4S. The lowest BCUT2D eigenvalue weighted by Crippen LogP contribution is -2.30. The fourth-order valence-electron chi connectivity index (χ4n) is 0.590. The first-order valence-corrected chi connectivity index (χ1v) is 4.77. The van der Waals surface area contributed by atoms with Crippen LogP contribution in [0.4, 0.5) is 9.59 Å². The van der Waals surface area contributed by atoms with Gasteiger partial charge in [-0.3, -0.25) is 4.79 Å². The number of rotatable bonds is 3. The van der Waals surface area contributed by atoms with Gasteiger partial charge in [0.2, 0.25) is 0 Å². The normalized spacial score (nSPS) is 9.79. The van der Waals surface area contributed by atoms with Crippen LogP contribution in [-0.2, 0) is 9.57 Å². The van der Waals surface area contributed by atoms with E-state index in [4.69, 9.17) is 4.74 Å². The molecule has 0 spiro atoms. The molecular weight excluding hydrogens is 206 g/mol. The molecule has 0 rings (SSSR count). The third-order valence-electron chi connectivity index (χ3n) is 1.22. The van der Waals surface area contributed by atoms with Crippen molar-refractivity contribution >= 4 is 24.0 Å². The molecule has 14 heavy (non-hydrogen) atoms. The summed E-state index contributed by atoms with van der Waals surface area (Å²) in [7, 11) is 0. The van der Waals surface area contributed by atoms with Gasteiger partial charge in [0.05, 0.1) is 13.2 Å². The van der Waals surface area contributed by atoms with E-state index in [0.29, 0.717) is 0 Å². The van der Waals surface area contributed by atoms with E-state index in [9.17, 15) is 9.59 Å². The quantitative estimate of drug-likeness (QED) is 0.450. The summed E-state index contributed by atoms with van der Waals surface area (Å²) >= 11 is 3.51. The summed E-state index contributed by atoms with van der Waals surface area (Å²) in [6.45, 7) is 5.95. The molecule has 0 aliphatic heterocycles. The molecule has 6 heteroatoms. The smallest absolute Gasteiger partial charge is 0.432 e. The molecule has 5 nitrogen and oxygen atoms in total. The van der Waals surface area contributed by atoms with E-state index in [-0.39, 0.29) is 19.1 Å². The molecule has 0 saturated carbocycles. The number of ether oxygens (including phenoxy) is 1. The molecule has 0 aromatic heterocycles. The number of hydrogen-bond acceptors (Lipinski definition) is 4. The van der Waals surface area contributed by atoms with Crippen molar-refractivity contribution in [1.82, 2.24) is 5.06 Å². The number of hydroxylamine groups is 2. The summed E-state index contributed by atoms with van der Waals surface area (Å²) in [5.41, 5.74) is 0. The predicted molar refractivity (Wildman–Crippen MR) is 54.0 cm³/mol. The van der Waals surface area contributed by atoms with E-state index in [1.54, 1.807) is 6.92 Å². The minimum atomic E-state index is -0.886. The summed E-state index contributed by atoms with van der Waals surface area (Å²) < 4.78 is 4.70. The van der Waals surface area contributed by atoms with E-state index in [1.807, 2.05) is 13.8 Å². The minimum Gasteiger partial charge on any atom is -0.432 e.